The summed E-state index contributed by atoms with van der Waals surface area (Å²) >= 11 is 0. The molecule has 164 valence electrons. The third kappa shape index (κ3) is 3.47. The van der Waals surface area contributed by atoms with Crippen molar-refractivity contribution in [2.45, 2.75) is 24.5 Å². The lowest BCUT2D eigenvalue weighted by molar-refractivity contribution is -0.136. The third-order valence-electron chi connectivity index (χ3n) is 7.44. The average molecular weight is 440 g/mol. The van der Waals surface area contributed by atoms with Crippen molar-refractivity contribution in [3.05, 3.63) is 59.7 Å². The fourth-order valence-electron chi connectivity index (χ4n) is 5.88. The van der Waals surface area contributed by atoms with Gasteiger partial charge in [0.05, 0.1) is 6.04 Å². The fourth-order valence-corrected chi connectivity index (χ4v) is 5.88. The van der Waals surface area contributed by atoms with Crippen LogP contribution in [0.1, 0.15) is 23.6 Å². The predicted octanol–water partition coefficient (Wildman–Crippen LogP) is 1.78. The van der Waals surface area contributed by atoms with E-state index in [4.69, 9.17) is 0 Å². The summed E-state index contributed by atoms with van der Waals surface area (Å²) in [6.45, 7) is 5.35. The molecule has 31 heavy (non-hydrogen) atoms. The minimum atomic E-state index is -0.109. The Morgan fingerprint density at radius 3 is 2.19 bits per heavy atom. The highest BCUT2D eigenvalue weighted by molar-refractivity contribution is 5.85. The van der Waals surface area contributed by atoms with Gasteiger partial charge in [-0.2, -0.15) is 0 Å². The number of amides is 1. The minimum absolute atomic E-state index is 0. The summed E-state index contributed by atoms with van der Waals surface area (Å²) in [5, 5.41) is 3.45. The first-order valence-electron chi connectivity index (χ1n) is 11.2. The smallest absolute Gasteiger partial charge is 0.241 e. The van der Waals surface area contributed by atoms with Gasteiger partial charge in [0.1, 0.15) is 6.04 Å². The molecule has 3 atom stereocenters. The second kappa shape index (κ2) is 8.52. The number of nitrogens with one attached hydrogen (secondary N) is 3. The standard InChI is InChI=1S/C24H29N5O.ClH/c30-24(22-20-15-25-10-9-21(20)26-27-22)29-13-11-28(12-14-29)23-18-7-3-1-5-16(18)17-6-2-4-8-19(17)23;/h1-8,20-23,25-27H,9-15H2;1H. The molecule has 7 heteroatoms. The quantitative estimate of drug-likeness (QED) is 0.666. The molecule has 3 N–H and O–H groups in total. The van der Waals surface area contributed by atoms with Gasteiger partial charge in [0, 0.05) is 44.7 Å². The van der Waals surface area contributed by atoms with Crippen LogP contribution in [0.15, 0.2) is 48.5 Å². The SMILES string of the molecule is Cl.O=C(C1NNC2CCNCC21)N1CCN(C2c3ccccc3-c3ccccc32)CC1. The van der Waals surface area contributed by atoms with Gasteiger partial charge in [0.2, 0.25) is 5.91 Å². The lowest BCUT2D eigenvalue weighted by Gasteiger charge is -2.40. The van der Waals surface area contributed by atoms with Crippen molar-refractivity contribution in [1.82, 2.24) is 26.0 Å². The number of hydrogen-bond acceptors (Lipinski definition) is 5. The summed E-state index contributed by atoms with van der Waals surface area (Å²) in [6.07, 6.45) is 1.08. The Morgan fingerprint density at radius 2 is 1.52 bits per heavy atom. The van der Waals surface area contributed by atoms with E-state index in [9.17, 15) is 4.79 Å². The second-order valence-electron chi connectivity index (χ2n) is 8.97. The number of rotatable bonds is 2. The topological polar surface area (TPSA) is 59.6 Å². The zero-order chi connectivity index (χ0) is 20.1. The molecule has 3 unspecified atom stereocenters. The highest BCUT2D eigenvalue weighted by Crippen LogP contribution is 2.46. The molecule has 6 rings (SSSR count). The number of hydrogen-bond donors (Lipinski definition) is 3. The van der Waals surface area contributed by atoms with Crippen molar-refractivity contribution < 1.29 is 4.79 Å². The van der Waals surface area contributed by atoms with Gasteiger partial charge in [-0.3, -0.25) is 15.1 Å². The molecule has 0 radical (unpaired) electrons. The van der Waals surface area contributed by atoms with Gasteiger partial charge in [-0.15, -0.1) is 12.4 Å². The molecule has 0 aromatic heterocycles. The predicted molar refractivity (Wildman–Crippen MR) is 124 cm³/mol. The summed E-state index contributed by atoms with van der Waals surface area (Å²) in [5.41, 5.74) is 12.2. The molecule has 2 aromatic rings. The molecule has 2 aromatic carbocycles. The number of nitrogens with zero attached hydrogens (tertiary/aromatic N) is 2. The number of piperazine rings is 1. The largest absolute Gasteiger partial charge is 0.339 e. The van der Waals surface area contributed by atoms with E-state index in [2.05, 4.69) is 74.5 Å². The first-order chi connectivity index (χ1) is 14.8. The van der Waals surface area contributed by atoms with Crippen molar-refractivity contribution in [2.75, 3.05) is 39.3 Å². The van der Waals surface area contributed by atoms with Crippen LogP contribution in [0.3, 0.4) is 0 Å². The van der Waals surface area contributed by atoms with Crippen LogP contribution in [0.2, 0.25) is 0 Å². The summed E-state index contributed by atoms with van der Waals surface area (Å²) in [7, 11) is 0. The van der Waals surface area contributed by atoms with Gasteiger partial charge < -0.3 is 10.2 Å². The molecule has 0 spiro atoms. The summed E-state index contributed by atoms with van der Waals surface area (Å²) in [6, 6.07) is 18.2. The molecule has 3 aliphatic heterocycles. The highest BCUT2D eigenvalue weighted by Gasteiger charge is 2.43. The highest BCUT2D eigenvalue weighted by atomic mass is 35.5. The van der Waals surface area contributed by atoms with Gasteiger partial charge in [-0.05, 0) is 35.2 Å². The van der Waals surface area contributed by atoms with Crippen LogP contribution < -0.4 is 16.2 Å². The number of hydrazine groups is 1. The third-order valence-corrected chi connectivity index (χ3v) is 7.44. The first kappa shape index (κ1) is 20.9. The van der Waals surface area contributed by atoms with E-state index in [1.54, 1.807) is 0 Å². The van der Waals surface area contributed by atoms with E-state index >= 15 is 0 Å². The van der Waals surface area contributed by atoms with Crippen molar-refractivity contribution in [2.24, 2.45) is 5.92 Å². The van der Waals surface area contributed by atoms with Gasteiger partial charge in [-0.25, -0.2) is 5.43 Å². The van der Waals surface area contributed by atoms with E-state index in [0.29, 0.717) is 18.0 Å². The lowest BCUT2D eigenvalue weighted by Crippen LogP contribution is -2.56. The maximum absolute atomic E-state index is 13.3. The zero-order valence-electron chi connectivity index (χ0n) is 17.6. The van der Waals surface area contributed by atoms with Gasteiger partial charge in [-0.1, -0.05) is 48.5 Å². The molecular formula is C24H30ClN5O. The minimum Gasteiger partial charge on any atom is -0.339 e. The zero-order valence-corrected chi connectivity index (χ0v) is 18.4. The summed E-state index contributed by atoms with van der Waals surface area (Å²) < 4.78 is 0. The summed E-state index contributed by atoms with van der Waals surface area (Å²) in [5.74, 6) is 0.600. The molecule has 0 saturated carbocycles. The Hall–Kier alpha value is -1.96. The van der Waals surface area contributed by atoms with Crippen LogP contribution >= 0.6 is 12.4 Å². The number of carbonyl (C=O) groups excluding carboxylic acids is 1. The number of carbonyl (C=O) groups is 1. The lowest BCUT2D eigenvalue weighted by atomic mass is 9.88. The number of benzene rings is 2. The molecule has 3 heterocycles. The normalized spacial score (nSPS) is 27.9. The van der Waals surface area contributed by atoms with Crippen LogP contribution in [0, 0.1) is 5.92 Å². The van der Waals surface area contributed by atoms with Gasteiger partial charge in [0.15, 0.2) is 0 Å². The van der Waals surface area contributed by atoms with E-state index < -0.39 is 0 Å². The van der Waals surface area contributed by atoms with Crippen LogP contribution in [-0.4, -0.2) is 67.1 Å². The molecule has 3 saturated heterocycles. The Bertz CT molecular complexity index is 915. The maximum Gasteiger partial charge on any atom is 0.241 e. The van der Waals surface area contributed by atoms with E-state index in [-0.39, 0.29) is 24.4 Å². The van der Waals surface area contributed by atoms with E-state index in [1.165, 1.54) is 22.3 Å². The van der Waals surface area contributed by atoms with Gasteiger partial charge >= 0.3 is 0 Å². The fraction of sp³-hybridized carbons (Fsp3) is 0.458. The van der Waals surface area contributed by atoms with Crippen LogP contribution in [0.4, 0.5) is 0 Å². The molecule has 0 bridgehead atoms. The molecule has 6 nitrogen and oxygen atoms in total. The van der Waals surface area contributed by atoms with Crippen LogP contribution in [-0.2, 0) is 4.79 Å². The van der Waals surface area contributed by atoms with Crippen molar-refractivity contribution in [3.63, 3.8) is 0 Å². The first-order valence-corrected chi connectivity index (χ1v) is 11.2. The average Bonchev–Trinajstić information content (AvgIpc) is 3.38. The molecule has 1 aliphatic carbocycles. The Labute approximate surface area is 189 Å². The Balaban J connectivity index is 0.00000204. The number of fused-ring (bicyclic) bond motifs is 4. The number of piperidine rings is 1. The van der Waals surface area contributed by atoms with E-state index in [1.807, 2.05) is 0 Å². The maximum atomic E-state index is 13.3. The molecular weight excluding hydrogens is 410 g/mol. The van der Waals surface area contributed by atoms with E-state index in [0.717, 1.165) is 45.7 Å². The monoisotopic (exact) mass is 439 g/mol. The van der Waals surface area contributed by atoms with Crippen LogP contribution in [0.5, 0.6) is 0 Å². The van der Waals surface area contributed by atoms with Gasteiger partial charge in [0.25, 0.3) is 0 Å². The molecule has 4 aliphatic rings. The van der Waals surface area contributed by atoms with Crippen molar-refractivity contribution in [1.29, 1.82) is 0 Å². The second-order valence-corrected chi connectivity index (χ2v) is 8.97. The Morgan fingerprint density at radius 1 is 0.871 bits per heavy atom. The molecule has 3 fully saturated rings. The van der Waals surface area contributed by atoms with Crippen LogP contribution in [0.25, 0.3) is 11.1 Å². The van der Waals surface area contributed by atoms with Crippen molar-refractivity contribution in [3.8, 4) is 11.1 Å². The number of halogens is 1. The molecule has 1 amide bonds. The summed E-state index contributed by atoms with van der Waals surface area (Å²) in [4.78, 5) is 17.9. The Kier molecular flexibility index (Phi) is 5.75. The van der Waals surface area contributed by atoms with Crippen molar-refractivity contribution >= 4 is 18.3 Å².